The van der Waals surface area contributed by atoms with Crippen LogP contribution in [-0.4, -0.2) is 45.9 Å². The number of pyridine rings is 1. The van der Waals surface area contributed by atoms with Gasteiger partial charge in [0.2, 0.25) is 0 Å². The van der Waals surface area contributed by atoms with Gasteiger partial charge < -0.3 is 15.0 Å². The largest absolute Gasteiger partial charge is 0.497 e. The van der Waals surface area contributed by atoms with Crippen LogP contribution in [0, 0.1) is 0 Å². The summed E-state index contributed by atoms with van der Waals surface area (Å²) in [6, 6.07) is 13.2. The van der Waals surface area contributed by atoms with E-state index in [0.717, 1.165) is 10.5 Å². The van der Waals surface area contributed by atoms with Gasteiger partial charge in [-0.25, -0.2) is 9.69 Å². The van der Waals surface area contributed by atoms with Crippen molar-refractivity contribution in [1.82, 2.24) is 15.2 Å². The second kappa shape index (κ2) is 11.0. The molecule has 0 saturated carbocycles. The van der Waals surface area contributed by atoms with E-state index >= 15 is 0 Å². The van der Waals surface area contributed by atoms with Gasteiger partial charge in [-0.05, 0) is 79.2 Å². The molecule has 0 bridgehead atoms. The Morgan fingerprint density at radius 1 is 1.05 bits per heavy atom. The first kappa shape index (κ1) is 28.0. The van der Waals surface area contributed by atoms with E-state index in [9.17, 15) is 27.6 Å². The number of ether oxygens (including phenoxy) is 1. The summed E-state index contributed by atoms with van der Waals surface area (Å²) in [6.45, 7) is 3.33. The molecule has 3 aromatic rings. The molecule has 1 aliphatic rings. The van der Waals surface area contributed by atoms with E-state index in [-0.39, 0.29) is 41.0 Å². The topological polar surface area (TPSA) is 91.8 Å². The minimum absolute atomic E-state index is 0.0656. The minimum atomic E-state index is -4.46. The highest BCUT2D eigenvalue weighted by atomic mass is 32.2. The Hall–Kier alpha value is -4.06. The van der Waals surface area contributed by atoms with Gasteiger partial charge in [0.15, 0.2) is 0 Å². The van der Waals surface area contributed by atoms with Crippen molar-refractivity contribution in [3.8, 4) is 5.75 Å². The molecule has 0 unspecified atom stereocenters. The van der Waals surface area contributed by atoms with Crippen molar-refractivity contribution in [2.45, 2.75) is 42.9 Å². The third-order valence-corrected chi connectivity index (χ3v) is 6.99. The fraction of sp³-hybridized carbons (Fsp3) is 0.259. The average molecular weight is 559 g/mol. The third-order valence-electron chi connectivity index (χ3n) is 6.25. The number of benzene rings is 2. The quantitative estimate of drug-likeness (QED) is 0.295. The molecule has 1 fully saturated rings. The van der Waals surface area contributed by atoms with Crippen molar-refractivity contribution in [2.24, 2.45) is 0 Å². The molecule has 1 N–H and O–H groups in total. The lowest BCUT2D eigenvalue weighted by Crippen LogP contribution is -2.44. The van der Waals surface area contributed by atoms with Crippen LogP contribution in [0.5, 0.6) is 5.75 Å². The van der Waals surface area contributed by atoms with Crippen molar-refractivity contribution < 1.29 is 32.3 Å². The van der Waals surface area contributed by atoms with Gasteiger partial charge in [0, 0.05) is 30.4 Å². The van der Waals surface area contributed by atoms with Crippen LogP contribution in [0.4, 0.5) is 23.7 Å². The number of carbonyl (C=O) groups excluding carboxylic acids is 3. The number of nitrogens with zero attached hydrogens (tertiary/aromatic N) is 3. The normalized spacial score (nSPS) is 15.0. The molecule has 4 rings (SSSR count). The number of amides is 4. The molecule has 1 saturated heterocycles. The molecule has 0 atom stereocenters. The standard InChI is InChI=1S/C27H25F3N4O4S/c1-26(2)24(36)34(19-6-10-21(11-7-19)39-27(28,29)30)25(37)33(26)16-18-12-13-31-15-22(18)23(35)32-14-17-4-8-20(38-3)9-5-17/h4-13,15H,14,16H2,1-3H3,(H,32,35). The van der Waals surface area contributed by atoms with Crippen LogP contribution in [0.25, 0.3) is 0 Å². The summed E-state index contributed by atoms with van der Waals surface area (Å²) >= 11 is -0.284. The van der Waals surface area contributed by atoms with E-state index in [0.29, 0.717) is 11.3 Å². The monoisotopic (exact) mass is 558 g/mol. The Kier molecular flexibility index (Phi) is 7.86. The number of halogens is 3. The SMILES string of the molecule is COc1ccc(CNC(=O)c2cnccc2CN2C(=O)N(c3ccc(SC(F)(F)F)cc3)C(=O)C2(C)C)cc1. The van der Waals surface area contributed by atoms with Gasteiger partial charge in [-0.15, -0.1) is 0 Å². The molecule has 204 valence electrons. The van der Waals surface area contributed by atoms with E-state index in [1.165, 1.54) is 41.6 Å². The maximum Gasteiger partial charge on any atom is 0.446 e. The predicted molar refractivity (Wildman–Crippen MR) is 139 cm³/mol. The molecule has 1 aromatic heterocycles. The van der Waals surface area contributed by atoms with E-state index in [1.807, 2.05) is 12.1 Å². The van der Waals surface area contributed by atoms with Crippen molar-refractivity contribution in [2.75, 3.05) is 12.0 Å². The molecular weight excluding hydrogens is 533 g/mol. The van der Waals surface area contributed by atoms with Crippen molar-refractivity contribution in [3.63, 3.8) is 0 Å². The first-order valence-electron chi connectivity index (χ1n) is 11.8. The van der Waals surface area contributed by atoms with Crippen LogP contribution in [-0.2, 0) is 17.9 Å². The highest BCUT2D eigenvalue weighted by Gasteiger charge is 2.52. The maximum absolute atomic E-state index is 13.4. The van der Waals surface area contributed by atoms with E-state index in [2.05, 4.69) is 10.3 Å². The number of anilines is 1. The summed E-state index contributed by atoms with van der Waals surface area (Å²) in [6.07, 6.45) is 2.88. The third kappa shape index (κ3) is 6.17. The number of methoxy groups -OCH3 is 1. The van der Waals surface area contributed by atoms with Gasteiger partial charge in [0.05, 0.1) is 18.4 Å². The van der Waals surface area contributed by atoms with Crippen molar-refractivity contribution >= 4 is 35.3 Å². The number of nitrogens with one attached hydrogen (secondary N) is 1. The van der Waals surface area contributed by atoms with E-state index in [4.69, 9.17) is 4.74 Å². The Labute approximate surface area is 227 Å². The lowest BCUT2D eigenvalue weighted by Gasteiger charge is -2.28. The molecule has 2 aromatic carbocycles. The highest BCUT2D eigenvalue weighted by molar-refractivity contribution is 8.00. The summed E-state index contributed by atoms with van der Waals surface area (Å²) < 4.78 is 43.2. The number of alkyl halides is 3. The van der Waals surface area contributed by atoms with Crippen LogP contribution in [0.1, 0.15) is 35.3 Å². The minimum Gasteiger partial charge on any atom is -0.497 e. The van der Waals surface area contributed by atoms with E-state index in [1.54, 1.807) is 39.2 Å². The number of hydrogen-bond acceptors (Lipinski definition) is 6. The fourth-order valence-corrected chi connectivity index (χ4v) is 4.62. The number of urea groups is 1. The highest BCUT2D eigenvalue weighted by Crippen LogP contribution is 2.39. The zero-order valence-corrected chi connectivity index (χ0v) is 22.1. The number of rotatable bonds is 8. The summed E-state index contributed by atoms with van der Waals surface area (Å²) in [4.78, 5) is 45.9. The van der Waals surface area contributed by atoms with Gasteiger partial charge in [-0.2, -0.15) is 13.2 Å². The molecular formula is C27H25F3N4O4S. The number of imide groups is 1. The average Bonchev–Trinajstić information content (AvgIpc) is 3.06. The summed E-state index contributed by atoms with van der Waals surface area (Å²) in [5.41, 5.74) is -4.01. The van der Waals surface area contributed by atoms with Gasteiger partial charge in [0.25, 0.3) is 11.8 Å². The first-order valence-corrected chi connectivity index (χ1v) is 12.6. The number of hydrogen-bond donors (Lipinski definition) is 1. The van der Waals surface area contributed by atoms with Crippen molar-refractivity contribution in [1.29, 1.82) is 0 Å². The van der Waals surface area contributed by atoms with Crippen LogP contribution >= 0.6 is 11.8 Å². The Balaban J connectivity index is 1.52. The Bertz CT molecular complexity index is 1380. The Morgan fingerprint density at radius 3 is 2.33 bits per heavy atom. The molecule has 8 nitrogen and oxygen atoms in total. The molecule has 1 aliphatic heterocycles. The van der Waals surface area contributed by atoms with Gasteiger partial charge >= 0.3 is 11.5 Å². The second-order valence-corrected chi connectivity index (χ2v) is 10.3. The molecule has 12 heteroatoms. The summed E-state index contributed by atoms with van der Waals surface area (Å²) in [7, 11) is 1.56. The lowest BCUT2D eigenvalue weighted by atomic mass is 10.0. The molecule has 0 spiro atoms. The predicted octanol–water partition coefficient (Wildman–Crippen LogP) is 5.38. The van der Waals surface area contributed by atoms with Crippen LogP contribution in [0.15, 0.2) is 71.9 Å². The number of carbonyl (C=O) groups is 3. The second-order valence-electron chi connectivity index (χ2n) is 9.17. The summed E-state index contributed by atoms with van der Waals surface area (Å²) in [5.74, 6) is -0.250. The number of aromatic nitrogens is 1. The zero-order chi connectivity index (χ0) is 28.4. The van der Waals surface area contributed by atoms with Crippen LogP contribution < -0.4 is 15.0 Å². The summed E-state index contributed by atoms with van der Waals surface area (Å²) in [5, 5.41) is 2.83. The van der Waals surface area contributed by atoms with Crippen molar-refractivity contribution in [3.05, 3.63) is 83.7 Å². The first-order chi connectivity index (χ1) is 18.4. The molecule has 2 heterocycles. The Morgan fingerprint density at radius 2 is 1.72 bits per heavy atom. The zero-order valence-electron chi connectivity index (χ0n) is 21.3. The van der Waals surface area contributed by atoms with Crippen LogP contribution in [0.3, 0.4) is 0 Å². The maximum atomic E-state index is 13.4. The molecule has 0 radical (unpaired) electrons. The molecule has 0 aliphatic carbocycles. The molecule has 4 amide bonds. The number of thioether (sulfide) groups is 1. The smallest absolute Gasteiger partial charge is 0.446 e. The van der Waals surface area contributed by atoms with Gasteiger partial charge in [0.1, 0.15) is 11.3 Å². The molecule has 39 heavy (non-hydrogen) atoms. The van der Waals surface area contributed by atoms with Crippen LogP contribution in [0.2, 0.25) is 0 Å². The van der Waals surface area contributed by atoms with Gasteiger partial charge in [-0.1, -0.05) is 12.1 Å². The fourth-order valence-electron chi connectivity index (χ4n) is 4.08. The van der Waals surface area contributed by atoms with Gasteiger partial charge in [-0.3, -0.25) is 14.6 Å². The lowest BCUT2D eigenvalue weighted by molar-refractivity contribution is -0.123. The van der Waals surface area contributed by atoms with E-state index < -0.39 is 28.9 Å².